The number of rotatable bonds is 3. The summed E-state index contributed by atoms with van der Waals surface area (Å²) in [7, 11) is 0. The number of hydrazone groups is 1. The van der Waals surface area contributed by atoms with Crippen molar-refractivity contribution in [1.82, 2.24) is 5.43 Å². The summed E-state index contributed by atoms with van der Waals surface area (Å²) in [5.74, 6) is 0.365. The Morgan fingerprint density at radius 3 is 2.89 bits per heavy atom. The average Bonchev–Trinajstić information content (AvgIpc) is 2.35. The maximum absolute atomic E-state index is 11.6. The van der Waals surface area contributed by atoms with Crippen LogP contribution in [-0.2, 0) is 11.2 Å². The Kier molecular flexibility index (Phi) is 4.13. The van der Waals surface area contributed by atoms with Crippen molar-refractivity contribution < 1.29 is 4.79 Å². The molecule has 0 unspecified atom stereocenters. The zero-order chi connectivity index (χ0) is 13.0. The van der Waals surface area contributed by atoms with Gasteiger partial charge in [-0.25, -0.2) is 5.43 Å². The van der Waals surface area contributed by atoms with Crippen LogP contribution in [0.5, 0.6) is 0 Å². The highest BCUT2D eigenvalue weighted by Crippen LogP contribution is 2.21. The van der Waals surface area contributed by atoms with Crippen LogP contribution in [0.1, 0.15) is 44.2 Å². The standard InChI is InChI=1S/C15H20N2O/c1-11(2)10-15(18)17-16-14-9-5-7-12-6-3-4-8-13(12)14/h3-4,6,8,11H,5,7,9-10H2,1-2H3,(H,17,18). The molecule has 0 atom stereocenters. The van der Waals surface area contributed by atoms with E-state index in [0.717, 1.165) is 25.0 Å². The molecule has 0 fully saturated rings. The largest absolute Gasteiger partial charge is 0.273 e. The van der Waals surface area contributed by atoms with Crippen molar-refractivity contribution >= 4 is 11.6 Å². The van der Waals surface area contributed by atoms with Gasteiger partial charge < -0.3 is 0 Å². The minimum absolute atomic E-state index is 0.000514. The molecule has 0 heterocycles. The maximum Gasteiger partial charge on any atom is 0.240 e. The van der Waals surface area contributed by atoms with Gasteiger partial charge in [0.25, 0.3) is 0 Å². The third-order valence-corrected chi connectivity index (χ3v) is 3.10. The molecule has 1 N–H and O–H groups in total. The first-order valence-corrected chi connectivity index (χ1v) is 6.60. The zero-order valence-corrected chi connectivity index (χ0v) is 11.1. The van der Waals surface area contributed by atoms with Gasteiger partial charge in [-0.15, -0.1) is 0 Å². The third kappa shape index (κ3) is 3.19. The lowest BCUT2D eigenvalue weighted by Gasteiger charge is -2.17. The lowest BCUT2D eigenvalue weighted by atomic mass is 9.90. The lowest BCUT2D eigenvalue weighted by Crippen LogP contribution is -2.23. The number of fused-ring (bicyclic) bond motifs is 1. The van der Waals surface area contributed by atoms with Crippen LogP contribution in [0.15, 0.2) is 29.4 Å². The van der Waals surface area contributed by atoms with Crippen molar-refractivity contribution in [2.75, 3.05) is 0 Å². The van der Waals surface area contributed by atoms with Gasteiger partial charge in [-0.05, 0) is 30.7 Å². The molecule has 0 aromatic heterocycles. The molecule has 96 valence electrons. The van der Waals surface area contributed by atoms with Crippen LogP contribution in [0.25, 0.3) is 0 Å². The Labute approximate surface area is 108 Å². The van der Waals surface area contributed by atoms with E-state index < -0.39 is 0 Å². The van der Waals surface area contributed by atoms with Crippen molar-refractivity contribution in [1.29, 1.82) is 0 Å². The first kappa shape index (κ1) is 12.8. The van der Waals surface area contributed by atoms with Gasteiger partial charge in [0.15, 0.2) is 0 Å². The highest BCUT2D eigenvalue weighted by molar-refractivity contribution is 6.03. The monoisotopic (exact) mass is 244 g/mol. The number of carbonyl (C=O) groups is 1. The van der Waals surface area contributed by atoms with Crippen molar-refractivity contribution in [3.63, 3.8) is 0 Å². The molecule has 1 amide bonds. The fourth-order valence-electron chi connectivity index (χ4n) is 2.26. The van der Waals surface area contributed by atoms with E-state index in [1.165, 1.54) is 11.1 Å². The van der Waals surface area contributed by atoms with Gasteiger partial charge in [0.05, 0.1) is 5.71 Å². The fourth-order valence-corrected chi connectivity index (χ4v) is 2.26. The predicted octanol–water partition coefficient (Wildman–Crippen LogP) is 2.89. The summed E-state index contributed by atoms with van der Waals surface area (Å²) < 4.78 is 0. The second kappa shape index (κ2) is 5.80. The molecule has 1 aromatic rings. The molecule has 18 heavy (non-hydrogen) atoms. The SMILES string of the molecule is CC(C)CC(=O)NN=C1CCCc2ccccc21. The highest BCUT2D eigenvalue weighted by atomic mass is 16.2. The molecule has 0 bridgehead atoms. The molecule has 1 aromatic carbocycles. The van der Waals surface area contributed by atoms with Gasteiger partial charge in [0, 0.05) is 12.0 Å². The van der Waals surface area contributed by atoms with Crippen LogP contribution in [0.3, 0.4) is 0 Å². The van der Waals surface area contributed by atoms with Crippen LogP contribution >= 0.6 is 0 Å². The molecule has 0 saturated heterocycles. The molecule has 0 aliphatic heterocycles. The molecular weight excluding hydrogens is 224 g/mol. The van der Waals surface area contributed by atoms with Crippen molar-refractivity contribution in [3.05, 3.63) is 35.4 Å². The Hall–Kier alpha value is -1.64. The Morgan fingerprint density at radius 2 is 2.11 bits per heavy atom. The number of nitrogens with one attached hydrogen (secondary N) is 1. The number of nitrogens with zero attached hydrogens (tertiary/aromatic N) is 1. The first-order valence-electron chi connectivity index (χ1n) is 6.60. The Bertz CT molecular complexity index is 463. The number of carbonyl (C=O) groups excluding carboxylic acids is 1. The van der Waals surface area contributed by atoms with Gasteiger partial charge in [-0.2, -0.15) is 5.10 Å². The van der Waals surface area contributed by atoms with Gasteiger partial charge in [-0.1, -0.05) is 38.1 Å². The number of benzene rings is 1. The molecule has 1 aliphatic rings. The molecular formula is C15H20N2O. The summed E-state index contributed by atoms with van der Waals surface area (Å²) >= 11 is 0. The van der Waals surface area contributed by atoms with Crippen LogP contribution in [0, 0.1) is 5.92 Å². The third-order valence-electron chi connectivity index (χ3n) is 3.10. The summed E-state index contributed by atoms with van der Waals surface area (Å²) in [6.45, 7) is 4.06. The summed E-state index contributed by atoms with van der Waals surface area (Å²) in [5.41, 5.74) is 6.20. The summed E-state index contributed by atoms with van der Waals surface area (Å²) in [4.78, 5) is 11.6. The van der Waals surface area contributed by atoms with Crippen LogP contribution in [-0.4, -0.2) is 11.6 Å². The molecule has 3 nitrogen and oxygen atoms in total. The minimum Gasteiger partial charge on any atom is -0.273 e. The number of hydrogen-bond donors (Lipinski definition) is 1. The lowest BCUT2D eigenvalue weighted by molar-refractivity contribution is -0.121. The van der Waals surface area contributed by atoms with Gasteiger partial charge in [-0.3, -0.25) is 4.79 Å². The zero-order valence-electron chi connectivity index (χ0n) is 11.1. The summed E-state index contributed by atoms with van der Waals surface area (Å²) in [6, 6.07) is 8.30. The normalized spacial score (nSPS) is 16.7. The van der Waals surface area contributed by atoms with Crippen LogP contribution in [0.4, 0.5) is 0 Å². The molecule has 3 heteroatoms. The van der Waals surface area contributed by atoms with E-state index in [2.05, 4.69) is 28.7 Å². The van der Waals surface area contributed by atoms with E-state index in [9.17, 15) is 4.79 Å². The van der Waals surface area contributed by atoms with E-state index in [1.807, 2.05) is 19.9 Å². The van der Waals surface area contributed by atoms with Crippen molar-refractivity contribution in [3.8, 4) is 0 Å². The summed E-state index contributed by atoms with van der Waals surface area (Å²) in [5, 5.41) is 4.29. The quantitative estimate of drug-likeness (QED) is 0.816. The van der Waals surface area contributed by atoms with Crippen molar-refractivity contribution in [2.45, 2.75) is 39.5 Å². The smallest absolute Gasteiger partial charge is 0.240 e. The van der Waals surface area contributed by atoms with E-state index in [1.54, 1.807) is 0 Å². The molecule has 2 rings (SSSR count). The van der Waals surface area contributed by atoms with E-state index in [4.69, 9.17) is 0 Å². The van der Waals surface area contributed by atoms with E-state index >= 15 is 0 Å². The van der Waals surface area contributed by atoms with Crippen LogP contribution < -0.4 is 5.43 Å². The summed E-state index contributed by atoms with van der Waals surface area (Å²) in [6.07, 6.45) is 3.68. The average molecular weight is 244 g/mol. The first-order chi connectivity index (χ1) is 8.66. The second-order valence-electron chi connectivity index (χ2n) is 5.20. The highest BCUT2D eigenvalue weighted by Gasteiger charge is 2.15. The van der Waals surface area contributed by atoms with Gasteiger partial charge >= 0.3 is 0 Å². The molecule has 0 spiro atoms. The number of aryl methyl sites for hydroxylation is 1. The van der Waals surface area contributed by atoms with Gasteiger partial charge in [0.2, 0.25) is 5.91 Å². The molecule has 0 radical (unpaired) electrons. The number of hydrogen-bond acceptors (Lipinski definition) is 2. The Balaban J connectivity index is 2.08. The van der Waals surface area contributed by atoms with Crippen molar-refractivity contribution in [2.24, 2.45) is 11.0 Å². The van der Waals surface area contributed by atoms with E-state index in [-0.39, 0.29) is 5.91 Å². The second-order valence-corrected chi connectivity index (χ2v) is 5.20. The van der Waals surface area contributed by atoms with Gasteiger partial charge in [0.1, 0.15) is 0 Å². The maximum atomic E-state index is 11.6. The van der Waals surface area contributed by atoms with E-state index in [0.29, 0.717) is 12.3 Å². The Morgan fingerprint density at radius 1 is 1.33 bits per heavy atom. The molecule has 1 aliphatic carbocycles. The fraction of sp³-hybridized carbons (Fsp3) is 0.467. The minimum atomic E-state index is 0.000514. The number of amides is 1. The topological polar surface area (TPSA) is 41.5 Å². The van der Waals surface area contributed by atoms with Crippen LogP contribution in [0.2, 0.25) is 0 Å². The molecule has 0 saturated carbocycles. The predicted molar refractivity (Wildman–Crippen MR) is 73.5 cm³/mol.